The number of carbonyl (C=O) groups is 2. The van der Waals surface area contributed by atoms with Crippen LogP contribution in [0.5, 0.6) is 0 Å². The molecule has 0 saturated carbocycles. The fourth-order valence-corrected chi connectivity index (χ4v) is 1.54. The molecule has 94 valence electrons. The third-order valence-corrected chi connectivity index (χ3v) is 2.41. The number of hydrogen-bond donors (Lipinski definition) is 1. The van der Waals surface area contributed by atoms with E-state index in [1.54, 1.807) is 6.20 Å². The largest absolute Gasteiger partial charge is 0.468 e. The second-order valence-corrected chi connectivity index (χ2v) is 3.73. The molecule has 0 aliphatic carbocycles. The van der Waals surface area contributed by atoms with Crippen LogP contribution in [-0.2, 0) is 20.7 Å². The Morgan fingerprint density at radius 2 is 2.28 bits per heavy atom. The summed E-state index contributed by atoms with van der Waals surface area (Å²) in [6, 6.07) is 5.62. The quantitative estimate of drug-likeness (QED) is 0.781. The number of nitrogens with one attached hydrogen (secondary N) is 1. The lowest BCUT2D eigenvalue weighted by Gasteiger charge is -2.01. The summed E-state index contributed by atoms with van der Waals surface area (Å²) in [4.78, 5) is 26.7. The lowest BCUT2D eigenvalue weighted by molar-refractivity contribution is -0.141. The maximum Gasteiger partial charge on any atom is 0.325 e. The van der Waals surface area contributed by atoms with Crippen molar-refractivity contribution >= 4 is 17.5 Å². The Labute approximate surface area is 104 Å². The Bertz CT molecular complexity index is 544. The van der Waals surface area contributed by atoms with Gasteiger partial charge in [-0.1, -0.05) is 6.07 Å². The molecule has 0 aliphatic rings. The molecule has 0 atom stereocenters. The van der Waals surface area contributed by atoms with E-state index in [0.29, 0.717) is 5.69 Å². The standard InChI is InChI=1S/C12H13N3O3/c1-18-12(17)7-13-11(16)6-9-8-15-5-3-2-4-10(15)14-9/h2-5,8H,6-7H2,1H3,(H,13,16). The first-order valence-electron chi connectivity index (χ1n) is 5.45. The fraction of sp³-hybridized carbons (Fsp3) is 0.250. The minimum absolute atomic E-state index is 0.122. The first-order valence-corrected chi connectivity index (χ1v) is 5.45. The Hall–Kier alpha value is -2.37. The Morgan fingerprint density at radius 3 is 3.00 bits per heavy atom. The van der Waals surface area contributed by atoms with E-state index in [9.17, 15) is 9.59 Å². The third-order valence-electron chi connectivity index (χ3n) is 2.41. The van der Waals surface area contributed by atoms with E-state index in [2.05, 4.69) is 15.0 Å². The summed E-state index contributed by atoms with van der Waals surface area (Å²) in [6.07, 6.45) is 3.78. The smallest absolute Gasteiger partial charge is 0.325 e. The molecule has 0 spiro atoms. The molecule has 0 bridgehead atoms. The van der Waals surface area contributed by atoms with Gasteiger partial charge in [-0.3, -0.25) is 9.59 Å². The number of amides is 1. The molecule has 6 nitrogen and oxygen atoms in total. The van der Waals surface area contributed by atoms with Crippen molar-refractivity contribution in [1.29, 1.82) is 0 Å². The third kappa shape index (κ3) is 2.85. The molecule has 2 rings (SSSR count). The number of rotatable bonds is 4. The highest BCUT2D eigenvalue weighted by Crippen LogP contribution is 2.04. The predicted molar refractivity (Wildman–Crippen MR) is 63.9 cm³/mol. The van der Waals surface area contributed by atoms with Crippen LogP contribution in [0, 0.1) is 0 Å². The van der Waals surface area contributed by atoms with E-state index >= 15 is 0 Å². The number of imidazole rings is 1. The molecule has 2 heterocycles. The number of ether oxygens (including phenoxy) is 1. The molecule has 18 heavy (non-hydrogen) atoms. The summed E-state index contributed by atoms with van der Waals surface area (Å²) in [5, 5.41) is 2.46. The first kappa shape index (κ1) is 12.1. The summed E-state index contributed by atoms with van der Waals surface area (Å²) in [7, 11) is 1.27. The first-order chi connectivity index (χ1) is 8.69. The Morgan fingerprint density at radius 1 is 1.44 bits per heavy atom. The highest BCUT2D eigenvalue weighted by atomic mass is 16.5. The molecular formula is C12H13N3O3. The summed E-state index contributed by atoms with van der Waals surface area (Å²) in [6.45, 7) is -0.122. The second-order valence-electron chi connectivity index (χ2n) is 3.73. The number of methoxy groups -OCH3 is 1. The van der Waals surface area contributed by atoms with Crippen LogP contribution >= 0.6 is 0 Å². The van der Waals surface area contributed by atoms with Crippen LogP contribution in [0.1, 0.15) is 5.69 Å². The van der Waals surface area contributed by atoms with Crippen LogP contribution in [0.25, 0.3) is 5.65 Å². The molecule has 0 radical (unpaired) electrons. The van der Waals surface area contributed by atoms with Gasteiger partial charge in [0.1, 0.15) is 12.2 Å². The van der Waals surface area contributed by atoms with Gasteiger partial charge in [-0.2, -0.15) is 0 Å². The van der Waals surface area contributed by atoms with Crippen molar-refractivity contribution in [2.45, 2.75) is 6.42 Å². The monoisotopic (exact) mass is 247 g/mol. The maximum atomic E-state index is 11.5. The molecule has 2 aromatic heterocycles. The molecule has 0 aromatic carbocycles. The van der Waals surface area contributed by atoms with Gasteiger partial charge in [0.05, 0.1) is 19.2 Å². The van der Waals surface area contributed by atoms with Gasteiger partial charge >= 0.3 is 5.97 Å². The van der Waals surface area contributed by atoms with Crippen LogP contribution in [0.15, 0.2) is 30.6 Å². The topological polar surface area (TPSA) is 72.7 Å². The van der Waals surface area contributed by atoms with E-state index in [0.717, 1.165) is 5.65 Å². The van der Waals surface area contributed by atoms with Crippen molar-refractivity contribution in [3.8, 4) is 0 Å². The van der Waals surface area contributed by atoms with Gasteiger partial charge in [0.2, 0.25) is 5.91 Å². The summed E-state index contributed by atoms with van der Waals surface area (Å²) in [5.41, 5.74) is 1.44. The average Bonchev–Trinajstić information content (AvgIpc) is 2.77. The lowest BCUT2D eigenvalue weighted by atomic mass is 10.3. The van der Waals surface area contributed by atoms with Crippen LogP contribution in [0.3, 0.4) is 0 Å². The number of hydrogen-bond acceptors (Lipinski definition) is 4. The molecule has 0 unspecified atom stereocenters. The SMILES string of the molecule is COC(=O)CNC(=O)Cc1cn2ccccc2n1. The highest BCUT2D eigenvalue weighted by Gasteiger charge is 2.08. The molecule has 0 aliphatic heterocycles. The zero-order chi connectivity index (χ0) is 13.0. The van der Waals surface area contributed by atoms with Crippen molar-refractivity contribution in [3.63, 3.8) is 0 Å². The van der Waals surface area contributed by atoms with Gasteiger partial charge in [0.15, 0.2) is 0 Å². The molecule has 1 amide bonds. The lowest BCUT2D eigenvalue weighted by Crippen LogP contribution is -2.31. The van der Waals surface area contributed by atoms with E-state index < -0.39 is 5.97 Å². The summed E-state index contributed by atoms with van der Waals surface area (Å²) >= 11 is 0. The van der Waals surface area contributed by atoms with Crippen LogP contribution in [0.4, 0.5) is 0 Å². The van der Waals surface area contributed by atoms with Crippen molar-refractivity contribution in [1.82, 2.24) is 14.7 Å². The molecule has 6 heteroatoms. The van der Waals surface area contributed by atoms with Crippen LogP contribution < -0.4 is 5.32 Å². The number of pyridine rings is 1. The summed E-state index contributed by atoms with van der Waals surface area (Å²) < 4.78 is 6.26. The van der Waals surface area contributed by atoms with E-state index in [1.807, 2.05) is 28.8 Å². The molecule has 2 aromatic rings. The summed E-state index contributed by atoms with van der Waals surface area (Å²) in [5.74, 6) is -0.734. The van der Waals surface area contributed by atoms with Crippen LogP contribution in [-0.4, -0.2) is 34.9 Å². The molecular weight excluding hydrogens is 234 g/mol. The second kappa shape index (κ2) is 5.31. The maximum absolute atomic E-state index is 11.5. The van der Waals surface area contributed by atoms with Gasteiger partial charge in [-0.25, -0.2) is 4.98 Å². The minimum atomic E-state index is -0.474. The van der Waals surface area contributed by atoms with Gasteiger partial charge in [0, 0.05) is 12.4 Å². The van der Waals surface area contributed by atoms with Crippen molar-refractivity contribution in [2.75, 3.05) is 13.7 Å². The van der Waals surface area contributed by atoms with Gasteiger partial charge in [0.25, 0.3) is 0 Å². The highest BCUT2D eigenvalue weighted by molar-refractivity contribution is 5.83. The van der Waals surface area contributed by atoms with Gasteiger partial charge < -0.3 is 14.5 Å². The van der Waals surface area contributed by atoms with Crippen molar-refractivity contribution in [2.24, 2.45) is 0 Å². The number of aromatic nitrogens is 2. The van der Waals surface area contributed by atoms with Crippen LogP contribution in [0.2, 0.25) is 0 Å². The van der Waals surface area contributed by atoms with E-state index in [4.69, 9.17) is 0 Å². The van der Waals surface area contributed by atoms with Crippen molar-refractivity contribution < 1.29 is 14.3 Å². The Kier molecular flexibility index (Phi) is 3.57. The fourth-order valence-electron chi connectivity index (χ4n) is 1.54. The minimum Gasteiger partial charge on any atom is -0.468 e. The number of nitrogens with zero attached hydrogens (tertiary/aromatic N) is 2. The average molecular weight is 247 g/mol. The molecule has 0 saturated heterocycles. The zero-order valence-corrected chi connectivity index (χ0v) is 9.92. The Balaban J connectivity index is 1.96. The van der Waals surface area contributed by atoms with E-state index in [1.165, 1.54) is 7.11 Å². The number of esters is 1. The van der Waals surface area contributed by atoms with Gasteiger partial charge in [-0.15, -0.1) is 0 Å². The zero-order valence-electron chi connectivity index (χ0n) is 9.92. The normalized spacial score (nSPS) is 10.3. The molecule has 0 fully saturated rings. The van der Waals surface area contributed by atoms with Gasteiger partial charge in [-0.05, 0) is 12.1 Å². The molecule has 1 N–H and O–H groups in total. The van der Waals surface area contributed by atoms with E-state index in [-0.39, 0.29) is 18.9 Å². The predicted octanol–water partition coefficient (Wildman–Crippen LogP) is 0.166. The number of fused-ring (bicyclic) bond motifs is 1. The van der Waals surface area contributed by atoms with Crippen molar-refractivity contribution in [3.05, 3.63) is 36.3 Å². The number of carbonyl (C=O) groups excluding carboxylic acids is 2.